The molecular weight excluding hydrogens is 237 g/mol. The third-order valence-corrected chi connectivity index (χ3v) is 2.94. The highest BCUT2D eigenvalue weighted by molar-refractivity contribution is 6.29. The van der Waals surface area contributed by atoms with Gasteiger partial charge in [0.2, 0.25) is 5.29 Å². The lowest BCUT2D eigenvalue weighted by molar-refractivity contribution is 0.698. The number of aromatic nitrogens is 1. The minimum Gasteiger partial charge on any atom is -0.312 e. The summed E-state index contributed by atoms with van der Waals surface area (Å²) in [4.78, 5) is 0. The van der Waals surface area contributed by atoms with E-state index >= 15 is 0 Å². The van der Waals surface area contributed by atoms with Crippen LogP contribution in [0.4, 0.5) is 4.39 Å². The average Bonchev–Trinajstić information content (AvgIpc) is 2.65. The van der Waals surface area contributed by atoms with E-state index in [1.807, 2.05) is 48.5 Å². The first kappa shape index (κ1) is 10.4. The van der Waals surface area contributed by atoms with Crippen LogP contribution < -0.4 is 0 Å². The van der Waals surface area contributed by atoms with Crippen molar-refractivity contribution in [2.45, 2.75) is 0 Å². The SMILES string of the molecule is FC(Cl)=Cn1c2ccccc2c2ccccc21. The van der Waals surface area contributed by atoms with Gasteiger partial charge in [0.15, 0.2) is 0 Å². The maximum absolute atomic E-state index is 12.9. The Labute approximate surface area is 103 Å². The Morgan fingerprint density at radius 3 is 1.88 bits per heavy atom. The van der Waals surface area contributed by atoms with E-state index in [0.717, 1.165) is 21.8 Å². The highest BCUT2D eigenvalue weighted by atomic mass is 35.5. The molecule has 0 spiro atoms. The molecule has 1 heterocycles. The van der Waals surface area contributed by atoms with Crippen LogP contribution >= 0.6 is 11.6 Å². The molecule has 0 N–H and O–H groups in total. The van der Waals surface area contributed by atoms with Crippen LogP contribution in [-0.2, 0) is 0 Å². The van der Waals surface area contributed by atoms with Gasteiger partial charge in [0.25, 0.3) is 0 Å². The van der Waals surface area contributed by atoms with Crippen molar-refractivity contribution in [2.24, 2.45) is 0 Å². The molecule has 0 aliphatic carbocycles. The lowest BCUT2D eigenvalue weighted by atomic mass is 10.2. The van der Waals surface area contributed by atoms with Crippen molar-refractivity contribution in [1.29, 1.82) is 0 Å². The number of benzene rings is 2. The summed E-state index contributed by atoms with van der Waals surface area (Å²) in [5.74, 6) is 0. The number of hydrogen-bond acceptors (Lipinski definition) is 0. The molecule has 0 fully saturated rings. The van der Waals surface area contributed by atoms with Gasteiger partial charge in [-0.15, -0.1) is 0 Å². The quantitative estimate of drug-likeness (QED) is 0.583. The van der Waals surface area contributed by atoms with Gasteiger partial charge in [-0.2, -0.15) is 4.39 Å². The van der Waals surface area contributed by atoms with E-state index in [1.54, 1.807) is 4.57 Å². The summed E-state index contributed by atoms with van der Waals surface area (Å²) in [7, 11) is 0. The third-order valence-electron chi connectivity index (χ3n) is 2.84. The van der Waals surface area contributed by atoms with Gasteiger partial charge in [-0.25, -0.2) is 0 Å². The van der Waals surface area contributed by atoms with E-state index in [0.29, 0.717) is 0 Å². The van der Waals surface area contributed by atoms with Crippen LogP contribution in [-0.4, -0.2) is 4.57 Å². The van der Waals surface area contributed by atoms with E-state index in [2.05, 4.69) is 0 Å². The fourth-order valence-corrected chi connectivity index (χ4v) is 2.29. The Bertz CT molecular complexity index is 670. The minimum absolute atomic E-state index is 0.725. The molecule has 0 bridgehead atoms. The number of halogens is 2. The minimum atomic E-state index is -0.725. The lowest BCUT2D eigenvalue weighted by Crippen LogP contribution is -1.85. The first-order chi connectivity index (χ1) is 8.27. The van der Waals surface area contributed by atoms with E-state index in [-0.39, 0.29) is 0 Å². The Hall–Kier alpha value is -1.80. The van der Waals surface area contributed by atoms with Crippen LogP contribution in [0.3, 0.4) is 0 Å². The van der Waals surface area contributed by atoms with Gasteiger partial charge in [-0.1, -0.05) is 36.4 Å². The molecule has 17 heavy (non-hydrogen) atoms. The summed E-state index contributed by atoms with van der Waals surface area (Å²) in [6.07, 6.45) is 1.30. The highest BCUT2D eigenvalue weighted by Gasteiger charge is 2.07. The van der Waals surface area contributed by atoms with Gasteiger partial charge >= 0.3 is 0 Å². The Balaban J connectivity index is 2.55. The van der Waals surface area contributed by atoms with Gasteiger partial charge in [0, 0.05) is 10.8 Å². The molecule has 84 valence electrons. The van der Waals surface area contributed by atoms with Crippen molar-refractivity contribution in [3.8, 4) is 0 Å². The largest absolute Gasteiger partial charge is 0.312 e. The zero-order chi connectivity index (χ0) is 11.8. The first-order valence-corrected chi connectivity index (χ1v) is 5.65. The smallest absolute Gasteiger partial charge is 0.205 e. The molecule has 0 radical (unpaired) electrons. The lowest BCUT2D eigenvalue weighted by Gasteiger charge is -1.98. The first-order valence-electron chi connectivity index (χ1n) is 5.28. The molecule has 0 aliphatic rings. The molecule has 0 saturated carbocycles. The van der Waals surface area contributed by atoms with Crippen LogP contribution in [0.2, 0.25) is 0 Å². The van der Waals surface area contributed by atoms with Gasteiger partial charge in [0.05, 0.1) is 17.2 Å². The van der Waals surface area contributed by atoms with Crippen LogP contribution in [0.1, 0.15) is 0 Å². The number of para-hydroxylation sites is 2. The fourth-order valence-electron chi connectivity index (χ4n) is 2.19. The Kier molecular flexibility index (Phi) is 2.37. The second kappa shape index (κ2) is 3.90. The molecule has 2 aromatic carbocycles. The molecular formula is C14H9ClFN. The van der Waals surface area contributed by atoms with E-state index in [1.165, 1.54) is 6.20 Å². The molecule has 3 aromatic rings. The molecule has 0 aliphatic heterocycles. The predicted molar refractivity (Wildman–Crippen MR) is 70.7 cm³/mol. The van der Waals surface area contributed by atoms with Gasteiger partial charge in [-0.05, 0) is 23.7 Å². The summed E-state index contributed by atoms with van der Waals surface area (Å²) >= 11 is 5.34. The number of rotatable bonds is 1. The van der Waals surface area contributed by atoms with Crippen LogP contribution in [0.5, 0.6) is 0 Å². The van der Waals surface area contributed by atoms with Crippen molar-refractivity contribution in [1.82, 2.24) is 4.57 Å². The molecule has 1 nitrogen and oxygen atoms in total. The van der Waals surface area contributed by atoms with Crippen molar-refractivity contribution < 1.29 is 4.39 Å². The number of hydrogen-bond donors (Lipinski definition) is 0. The fraction of sp³-hybridized carbons (Fsp3) is 0. The maximum Gasteiger partial charge on any atom is 0.205 e. The van der Waals surface area contributed by atoms with E-state index in [4.69, 9.17) is 11.6 Å². The highest BCUT2D eigenvalue weighted by Crippen LogP contribution is 2.29. The van der Waals surface area contributed by atoms with Gasteiger partial charge in [-0.3, -0.25) is 0 Å². The summed E-state index contributed by atoms with van der Waals surface area (Å²) in [6, 6.07) is 15.7. The van der Waals surface area contributed by atoms with E-state index in [9.17, 15) is 4.39 Å². The molecule has 1 aromatic heterocycles. The second-order valence-corrected chi connectivity index (χ2v) is 4.18. The van der Waals surface area contributed by atoms with Crippen molar-refractivity contribution in [2.75, 3.05) is 0 Å². The molecule has 0 unspecified atom stereocenters. The summed E-state index contributed by atoms with van der Waals surface area (Å²) in [6.45, 7) is 0. The predicted octanol–water partition coefficient (Wildman–Crippen LogP) is 4.76. The molecule has 0 amide bonds. The summed E-state index contributed by atoms with van der Waals surface area (Å²) in [5, 5.41) is 1.46. The number of fused-ring (bicyclic) bond motifs is 3. The molecule has 3 rings (SSSR count). The summed E-state index contributed by atoms with van der Waals surface area (Å²) < 4.78 is 14.7. The van der Waals surface area contributed by atoms with Crippen LogP contribution in [0.25, 0.3) is 28.0 Å². The van der Waals surface area contributed by atoms with Gasteiger partial charge in [0.1, 0.15) is 0 Å². The normalized spacial score (nSPS) is 12.5. The van der Waals surface area contributed by atoms with Crippen molar-refractivity contribution >= 4 is 39.6 Å². The average molecular weight is 246 g/mol. The maximum atomic E-state index is 12.9. The Morgan fingerprint density at radius 2 is 1.41 bits per heavy atom. The zero-order valence-electron chi connectivity index (χ0n) is 8.90. The van der Waals surface area contributed by atoms with E-state index < -0.39 is 5.29 Å². The van der Waals surface area contributed by atoms with Crippen LogP contribution in [0, 0.1) is 0 Å². The molecule has 3 heteroatoms. The monoisotopic (exact) mass is 245 g/mol. The topological polar surface area (TPSA) is 4.93 Å². The third kappa shape index (κ3) is 1.61. The van der Waals surface area contributed by atoms with Gasteiger partial charge < -0.3 is 4.57 Å². The van der Waals surface area contributed by atoms with Crippen LogP contribution in [0.15, 0.2) is 53.8 Å². The van der Waals surface area contributed by atoms with Crippen molar-refractivity contribution in [3.05, 3.63) is 53.8 Å². The zero-order valence-corrected chi connectivity index (χ0v) is 9.66. The Morgan fingerprint density at radius 1 is 0.941 bits per heavy atom. The standard InChI is InChI=1S/C14H9ClFN/c15-14(16)9-17-12-7-3-1-5-10(12)11-6-2-4-8-13(11)17/h1-9H. The molecule has 0 saturated heterocycles. The summed E-state index contributed by atoms with van der Waals surface area (Å²) in [5.41, 5.74) is 1.90. The molecule has 0 atom stereocenters. The second-order valence-electron chi connectivity index (χ2n) is 3.82. The van der Waals surface area contributed by atoms with Crippen molar-refractivity contribution in [3.63, 3.8) is 0 Å². The number of nitrogens with zero attached hydrogens (tertiary/aromatic N) is 1.